The Kier molecular flexibility index (Phi) is 7.79. The van der Waals surface area contributed by atoms with Crippen LogP contribution in [-0.4, -0.2) is 37.8 Å². The lowest BCUT2D eigenvalue weighted by atomic mass is 10.3. The first kappa shape index (κ1) is 17.1. The monoisotopic (exact) mass is 302 g/mol. The SMILES string of the molecule is CCCCCNS(=O)(=O)c1cnn(CCCNCC)c1. The van der Waals surface area contributed by atoms with Crippen molar-refractivity contribution in [2.75, 3.05) is 19.6 Å². The number of nitrogens with zero attached hydrogens (tertiary/aromatic N) is 2. The summed E-state index contributed by atoms with van der Waals surface area (Å²) < 4.78 is 28.3. The normalized spacial score (nSPS) is 11.9. The maximum absolute atomic E-state index is 12.0. The average Bonchev–Trinajstić information content (AvgIpc) is 2.89. The van der Waals surface area contributed by atoms with E-state index in [2.05, 4.69) is 29.0 Å². The first-order valence-electron chi connectivity index (χ1n) is 7.33. The zero-order chi connectivity index (χ0) is 14.8. The molecule has 0 aliphatic carbocycles. The molecule has 0 aliphatic heterocycles. The van der Waals surface area contributed by atoms with Crippen LogP contribution in [0.4, 0.5) is 0 Å². The van der Waals surface area contributed by atoms with Gasteiger partial charge in [0.1, 0.15) is 4.90 Å². The quantitative estimate of drug-likeness (QED) is 0.605. The van der Waals surface area contributed by atoms with Crippen LogP contribution in [0.25, 0.3) is 0 Å². The number of nitrogens with one attached hydrogen (secondary N) is 2. The van der Waals surface area contributed by atoms with Crippen LogP contribution in [0, 0.1) is 0 Å². The van der Waals surface area contributed by atoms with E-state index in [0.717, 1.165) is 45.3 Å². The van der Waals surface area contributed by atoms with E-state index in [1.165, 1.54) is 6.20 Å². The van der Waals surface area contributed by atoms with E-state index >= 15 is 0 Å². The van der Waals surface area contributed by atoms with E-state index in [1.54, 1.807) is 10.9 Å². The van der Waals surface area contributed by atoms with Crippen LogP contribution in [0.15, 0.2) is 17.3 Å². The summed E-state index contributed by atoms with van der Waals surface area (Å²) in [5.41, 5.74) is 0. The average molecular weight is 302 g/mol. The zero-order valence-corrected chi connectivity index (χ0v) is 13.2. The zero-order valence-electron chi connectivity index (χ0n) is 12.4. The smallest absolute Gasteiger partial charge is 0.243 e. The van der Waals surface area contributed by atoms with Crippen LogP contribution in [0.5, 0.6) is 0 Å². The van der Waals surface area contributed by atoms with E-state index in [4.69, 9.17) is 0 Å². The van der Waals surface area contributed by atoms with E-state index in [9.17, 15) is 8.42 Å². The first-order chi connectivity index (χ1) is 9.60. The summed E-state index contributed by atoms with van der Waals surface area (Å²) in [6.07, 6.45) is 6.91. The summed E-state index contributed by atoms with van der Waals surface area (Å²) in [5, 5.41) is 7.32. The summed E-state index contributed by atoms with van der Waals surface area (Å²) in [7, 11) is -3.40. The Morgan fingerprint density at radius 1 is 1.20 bits per heavy atom. The van der Waals surface area contributed by atoms with E-state index in [0.29, 0.717) is 6.54 Å². The van der Waals surface area contributed by atoms with Gasteiger partial charge in [0.25, 0.3) is 0 Å². The van der Waals surface area contributed by atoms with E-state index in [1.807, 2.05) is 0 Å². The van der Waals surface area contributed by atoms with Crippen LogP contribution in [0.3, 0.4) is 0 Å². The molecule has 1 aromatic heterocycles. The van der Waals surface area contributed by atoms with Gasteiger partial charge in [0.05, 0.1) is 6.20 Å². The van der Waals surface area contributed by atoms with Crippen molar-refractivity contribution in [2.24, 2.45) is 0 Å². The highest BCUT2D eigenvalue weighted by molar-refractivity contribution is 7.89. The van der Waals surface area contributed by atoms with Gasteiger partial charge in [-0.2, -0.15) is 5.10 Å². The van der Waals surface area contributed by atoms with Gasteiger partial charge in [-0.3, -0.25) is 4.68 Å². The topological polar surface area (TPSA) is 76.0 Å². The number of hydrogen-bond acceptors (Lipinski definition) is 4. The number of aromatic nitrogens is 2. The van der Waals surface area contributed by atoms with Crippen molar-refractivity contribution in [1.82, 2.24) is 19.8 Å². The summed E-state index contributed by atoms with van der Waals surface area (Å²) >= 11 is 0. The largest absolute Gasteiger partial charge is 0.317 e. The van der Waals surface area contributed by atoms with Crippen molar-refractivity contribution in [2.45, 2.75) is 51.0 Å². The van der Waals surface area contributed by atoms with Crippen LogP contribution < -0.4 is 10.0 Å². The molecule has 0 amide bonds. The Morgan fingerprint density at radius 3 is 2.70 bits per heavy atom. The molecular formula is C13H26N4O2S. The summed E-state index contributed by atoms with van der Waals surface area (Å²) in [6, 6.07) is 0. The third kappa shape index (κ3) is 6.02. The molecule has 0 unspecified atom stereocenters. The molecule has 0 atom stereocenters. The minimum Gasteiger partial charge on any atom is -0.317 e. The molecule has 6 nitrogen and oxygen atoms in total. The molecule has 0 aliphatic rings. The van der Waals surface area contributed by atoms with Gasteiger partial charge >= 0.3 is 0 Å². The van der Waals surface area contributed by atoms with Crippen LogP contribution in [-0.2, 0) is 16.6 Å². The van der Waals surface area contributed by atoms with Crippen molar-refractivity contribution in [3.8, 4) is 0 Å². The lowest BCUT2D eigenvalue weighted by Gasteiger charge is -2.04. The highest BCUT2D eigenvalue weighted by Gasteiger charge is 2.15. The summed E-state index contributed by atoms with van der Waals surface area (Å²) in [5.74, 6) is 0. The fourth-order valence-electron chi connectivity index (χ4n) is 1.81. The maximum Gasteiger partial charge on any atom is 0.243 e. The number of unbranched alkanes of at least 4 members (excludes halogenated alkanes) is 2. The second kappa shape index (κ2) is 9.10. The minimum absolute atomic E-state index is 0.248. The van der Waals surface area contributed by atoms with Gasteiger partial charge < -0.3 is 5.32 Å². The van der Waals surface area contributed by atoms with Crippen molar-refractivity contribution in [1.29, 1.82) is 0 Å². The maximum atomic E-state index is 12.0. The molecule has 20 heavy (non-hydrogen) atoms. The Morgan fingerprint density at radius 2 is 2.00 bits per heavy atom. The Hall–Kier alpha value is -0.920. The Balaban J connectivity index is 2.44. The number of rotatable bonds is 11. The second-order valence-electron chi connectivity index (χ2n) is 4.75. The molecule has 0 fully saturated rings. The molecule has 0 saturated carbocycles. The molecule has 1 rings (SSSR count). The predicted molar refractivity (Wildman–Crippen MR) is 80.1 cm³/mol. The van der Waals surface area contributed by atoms with Crippen LogP contribution in [0.1, 0.15) is 39.5 Å². The number of hydrogen-bond donors (Lipinski definition) is 2. The van der Waals surface area contributed by atoms with Crippen molar-refractivity contribution < 1.29 is 8.42 Å². The molecule has 0 saturated heterocycles. The third-order valence-corrected chi connectivity index (χ3v) is 4.40. The Labute approximate surface area is 122 Å². The molecule has 0 bridgehead atoms. The second-order valence-corrected chi connectivity index (χ2v) is 6.52. The van der Waals surface area contributed by atoms with Gasteiger partial charge in [-0.15, -0.1) is 0 Å². The predicted octanol–water partition coefficient (Wildman–Crippen LogP) is 1.35. The van der Waals surface area contributed by atoms with Gasteiger partial charge in [-0.25, -0.2) is 13.1 Å². The van der Waals surface area contributed by atoms with Crippen molar-refractivity contribution in [3.63, 3.8) is 0 Å². The summed E-state index contributed by atoms with van der Waals surface area (Å²) in [6.45, 7) is 7.21. The number of aryl methyl sites for hydroxylation is 1. The van der Waals surface area contributed by atoms with E-state index in [-0.39, 0.29) is 4.90 Å². The van der Waals surface area contributed by atoms with Crippen molar-refractivity contribution >= 4 is 10.0 Å². The standard InChI is InChI=1S/C13H26N4O2S/c1-3-5-6-9-16-20(18,19)13-11-15-17(12-13)10-7-8-14-4-2/h11-12,14,16H,3-10H2,1-2H3. The van der Waals surface area contributed by atoms with Gasteiger partial charge in [-0.1, -0.05) is 26.7 Å². The fraction of sp³-hybridized carbons (Fsp3) is 0.769. The van der Waals surface area contributed by atoms with Gasteiger partial charge in [-0.05, 0) is 25.9 Å². The third-order valence-electron chi connectivity index (χ3n) is 2.98. The fourth-order valence-corrected chi connectivity index (χ4v) is 2.84. The molecule has 116 valence electrons. The molecule has 0 spiro atoms. The van der Waals surface area contributed by atoms with E-state index < -0.39 is 10.0 Å². The highest BCUT2D eigenvalue weighted by atomic mass is 32.2. The van der Waals surface area contributed by atoms with Gasteiger partial charge in [0, 0.05) is 19.3 Å². The molecule has 0 radical (unpaired) electrons. The molecule has 2 N–H and O–H groups in total. The number of sulfonamides is 1. The lowest BCUT2D eigenvalue weighted by molar-refractivity contribution is 0.548. The molecule has 1 heterocycles. The van der Waals surface area contributed by atoms with Crippen molar-refractivity contribution in [3.05, 3.63) is 12.4 Å². The minimum atomic E-state index is -3.40. The van der Waals surface area contributed by atoms with Crippen LogP contribution >= 0.6 is 0 Å². The Bertz CT molecular complexity index is 470. The van der Waals surface area contributed by atoms with Crippen LogP contribution in [0.2, 0.25) is 0 Å². The molecule has 7 heteroatoms. The van der Waals surface area contributed by atoms with Gasteiger partial charge in [0.15, 0.2) is 0 Å². The van der Waals surface area contributed by atoms with Gasteiger partial charge in [0.2, 0.25) is 10.0 Å². The molecule has 0 aromatic carbocycles. The lowest BCUT2D eigenvalue weighted by Crippen LogP contribution is -2.24. The molecule has 1 aromatic rings. The summed E-state index contributed by atoms with van der Waals surface area (Å²) in [4.78, 5) is 0.248. The highest BCUT2D eigenvalue weighted by Crippen LogP contribution is 2.07. The first-order valence-corrected chi connectivity index (χ1v) is 8.81. The molecular weight excluding hydrogens is 276 g/mol.